The smallest absolute Gasteiger partial charge is 0.258 e. The van der Waals surface area contributed by atoms with Crippen LogP contribution in [0.1, 0.15) is 11.4 Å². The van der Waals surface area contributed by atoms with E-state index in [0.717, 1.165) is 6.07 Å². The summed E-state index contributed by atoms with van der Waals surface area (Å²) in [5, 5.41) is 27.8. The molecule has 116 valence electrons. The number of non-ortho nitro benzene ring substituents is 1. The van der Waals surface area contributed by atoms with Crippen LogP contribution in [0.4, 0.5) is 11.4 Å². The fraction of sp³-hybridized carbons (Fsp3) is 0.133. The molecule has 2 aromatic carbocycles. The molecule has 0 saturated heterocycles. The van der Waals surface area contributed by atoms with Crippen LogP contribution in [0.2, 0.25) is 0 Å². The Labute approximate surface area is 130 Å². The van der Waals surface area contributed by atoms with Gasteiger partial charge in [0.05, 0.1) is 27.0 Å². The van der Waals surface area contributed by atoms with Gasteiger partial charge < -0.3 is 0 Å². The second-order valence-corrected chi connectivity index (χ2v) is 5.16. The molecule has 0 spiro atoms. The Morgan fingerprint density at radius 2 is 1.57 bits per heavy atom. The van der Waals surface area contributed by atoms with E-state index in [0.29, 0.717) is 22.2 Å². The Morgan fingerprint density at radius 3 is 2.09 bits per heavy atom. The third-order valence-electron chi connectivity index (χ3n) is 3.59. The van der Waals surface area contributed by atoms with Gasteiger partial charge in [0, 0.05) is 11.1 Å². The normalized spacial score (nSPS) is 10.9. The van der Waals surface area contributed by atoms with Gasteiger partial charge in [-0.05, 0) is 26.0 Å². The number of nitrogens with zero attached hydrogens (tertiary/aromatic N) is 4. The molecular formula is C15H12N4O4. The number of rotatable bonds is 3. The standard InChI is InChI=1S/C15H12N4O4/c1-9-7-10(2)17(16-9)15-12-6-4-3-5-11(12)13(18(20)21)8-14(15)19(22)23/h3-8H,1-2H3. The van der Waals surface area contributed by atoms with Crippen LogP contribution in [0.15, 0.2) is 36.4 Å². The molecule has 0 N–H and O–H groups in total. The SMILES string of the molecule is Cc1cc(C)n(-c2c([N+](=O)[O-])cc([N+](=O)[O-])c3ccccc23)n1. The molecule has 0 amide bonds. The molecule has 0 saturated carbocycles. The van der Waals surface area contributed by atoms with Gasteiger partial charge in [-0.3, -0.25) is 20.2 Å². The van der Waals surface area contributed by atoms with Gasteiger partial charge in [-0.15, -0.1) is 0 Å². The van der Waals surface area contributed by atoms with E-state index in [1.165, 1.54) is 4.68 Å². The Bertz CT molecular complexity index is 962. The number of benzene rings is 2. The van der Waals surface area contributed by atoms with Crippen LogP contribution >= 0.6 is 0 Å². The number of hydrogen-bond donors (Lipinski definition) is 0. The van der Waals surface area contributed by atoms with E-state index in [9.17, 15) is 20.2 Å². The lowest BCUT2D eigenvalue weighted by atomic mass is 10.0. The van der Waals surface area contributed by atoms with Gasteiger partial charge in [0.1, 0.15) is 0 Å². The molecule has 0 radical (unpaired) electrons. The number of hydrogen-bond acceptors (Lipinski definition) is 5. The number of nitro groups is 2. The van der Waals surface area contributed by atoms with Crippen LogP contribution in [0.3, 0.4) is 0 Å². The molecule has 0 fully saturated rings. The van der Waals surface area contributed by atoms with E-state index in [1.54, 1.807) is 44.2 Å². The van der Waals surface area contributed by atoms with Gasteiger partial charge in [0.15, 0.2) is 5.69 Å². The third kappa shape index (κ3) is 2.30. The third-order valence-corrected chi connectivity index (χ3v) is 3.59. The molecule has 0 aliphatic rings. The highest BCUT2D eigenvalue weighted by molar-refractivity contribution is 6.00. The number of nitro benzene ring substituents is 2. The summed E-state index contributed by atoms with van der Waals surface area (Å²) in [6.45, 7) is 3.56. The summed E-state index contributed by atoms with van der Waals surface area (Å²) in [5.41, 5.74) is 1.02. The zero-order valence-corrected chi connectivity index (χ0v) is 12.4. The summed E-state index contributed by atoms with van der Waals surface area (Å²) in [7, 11) is 0. The zero-order valence-electron chi connectivity index (χ0n) is 12.4. The lowest BCUT2D eigenvalue weighted by Crippen LogP contribution is -2.06. The summed E-state index contributed by atoms with van der Waals surface area (Å²) in [6.07, 6.45) is 0. The molecule has 0 atom stereocenters. The Kier molecular flexibility index (Phi) is 3.29. The molecule has 1 aromatic heterocycles. The van der Waals surface area contributed by atoms with E-state index < -0.39 is 9.85 Å². The molecular weight excluding hydrogens is 300 g/mol. The molecule has 0 aliphatic heterocycles. The first kappa shape index (κ1) is 14.6. The first-order valence-corrected chi connectivity index (χ1v) is 6.78. The van der Waals surface area contributed by atoms with E-state index in [1.807, 2.05) is 0 Å². The highest BCUT2D eigenvalue weighted by atomic mass is 16.6. The van der Waals surface area contributed by atoms with Crippen molar-refractivity contribution in [1.82, 2.24) is 9.78 Å². The topological polar surface area (TPSA) is 104 Å². The minimum atomic E-state index is -0.620. The maximum atomic E-state index is 11.5. The number of fused-ring (bicyclic) bond motifs is 1. The van der Waals surface area contributed by atoms with Crippen LogP contribution in [-0.2, 0) is 0 Å². The molecule has 3 aromatic rings. The van der Waals surface area contributed by atoms with Crippen molar-refractivity contribution in [2.45, 2.75) is 13.8 Å². The van der Waals surface area contributed by atoms with Crippen LogP contribution in [0.25, 0.3) is 16.5 Å². The van der Waals surface area contributed by atoms with Crippen LogP contribution in [-0.4, -0.2) is 19.6 Å². The molecule has 0 aliphatic carbocycles. The van der Waals surface area contributed by atoms with Crippen molar-refractivity contribution < 1.29 is 9.85 Å². The largest absolute Gasteiger partial charge is 0.302 e. The monoisotopic (exact) mass is 312 g/mol. The molecule has 8 heteroatoms. The summed E-state index contributed by atoms with van der Waals surface area (Å²) in [5.74, 6) is 0. The van der Waals surface area contributed by atoms with Gasteiger partial charge in [-0.2, -0.15) is 5.10 Å². The zero-order chi connectivity index (χ0) is 16.7. The Morgan fingerprint density at radius 1 is 0.957 bits per heavy atom. The molecule has 0 unspecified atom stereocenters. The quantitative estimate of drug-likeness (QED) is 0.544. The van der Waals surface area contributed by atoms with Crippen molar-refractivity contribution in [3.05, 3.63) is 68.0 Å². The maximum absolute atomic E-state index is 11.5. The van der Waals surface area contributed by atoms with Crippen molar-refractivity contribution in [3.63, 3.8) is 0 Å². The summed E-state index contributed by atoms with van der Waals surface area (Å²) in [6, 6.07) is 9.33. The molecule has 0 bridgehead atoms. The number of aryl methyl sites for hydroxylation is 2. The van der Waals surface area contributed by atoms with E-state index in [4.69, 9.17) is 0 Å². The molecule has 23 heavy (non-hydrogen) atoms. The van der Waals surface area contributed by atoms with Crippen molar-refractivity contribution in [2.75, 3.05) is 0 Å². The van der Waals surface area contributed by atoms with Crippen LogP contribution in [0.5, 0.6) is 0 Å². The average molecular weight is 312 g/mol. The van der Waals surface area contributed by atoms with Crippen molar-refractivity contribution in [3.8, 4) is 5.69 Å². The highest BCUT2D eigenvalue weighted by Gasteiger charge is 2.27. The molecule has 8 nitrogen and oxygen atoms in total. The van der Waals surface area contributed by atoms with Gasteiger partial charge in [-0.25, -0.2) is 4.68 Å². The summed E-state index contributed by atoms with van der Waals surface area (Å²) < 4.78 is 1.46. The summed E-state index contributed by atoms with van der Waals surface area (Å²) in [4.78, 5) is 21.5. The molecule has 3 rings (SSSR count). The minimum absolute atomic E-state index is 0.238. The summed E-state index contributed by atoms with van der Waals surface area (Å²) >= 11 is 0. The second-order valence-electron chi connectivity index (χ2n) is 5.16. The highest BCUT2D eigenvalue weighted by Crippen LogP contribution is 2.38. The van der Waals surface area contributed by atoms with Crippen molar-refractivity contribution in [1.29, 1.82) is 0 Å². The minimum Gasteiger partial charge on any atom is -0.258 e. The van der Waals surface area contributed by atoms with E-state index >= 15 is 0 Å². The van der Waals surface area contributed by atoms with Crippen molar-refractivity contribution >= 4 is 22.1 Å². The van der Waals surface area contributed by atoms with Gasteiger partial charge >= 0.3 is 5.69 Å². The van der Waals surface area contributed by atoms with E-state index in [-0.39, 0.29) is 17.1 Å². The lowest BCUT2D eigenvalue weighted by Gasteiger charge is -2.10. The van der Waals surface area contributed by atoms with Gasteiger partial charge in [0.2, 0.25) is 0 Å². The predicted octanol–water partition coefficient (Wildman–Crippen LogP) is 3.46. The Balaban J connectivity index is 2.52. The number of aromatic nitrogens is 2. The van der Waals surface area contributed by atoms with Crippen LogP contribution < -0.4 is 0 Å². The van der Waals surface area contributed by atoms with Crippen LogP contribution in [0, 0.1) is 34.1 Å². The fourth-order valence-corrected chi connectivity index (χ4v) is 2.69. The fourth-order valence-electron chi connectivity index (χ4n) is 2.69. The average Bonchev–Trinajstić information content (AvgIpc) is 2.83. The Hall–Kier alpha value is -3.29. The molecule has 1 heterocycles. The first-order valence-electron chi connectivity index (χ1n) is 6.78. The second kappa shape index (κ2) is 5.16. The van der Waals surface area contributed by atoms with Gasteiger partial charge in [-0.1, -0.05) is 18.2 Å². The maximum Gasteiger partial charge on any atom is 0.302 e. The predicted molar refractivity (Wildman–Crippen MR) is 83.9 cm³/mol. The first-order chi connectivity index (χ1) is 10.9. The van der Waals surface area contributed by atoms with E-state index in [2.05, 4.69) is 5.10 Å². The lowest BCUT2D eigenvalue weighted by molar-refractivity contribution is -0.392. The van der Waals surface area contributed by atoms with Crippen molar-refractivity contribution in [2.24, 2.45) is 0 Å². The van der Waals surface area contributed by atoms with Gasteiger partial charge in [0.25, 0.3) is 5.69 Å².